The van der Waals surface area contributed by atoms with Gasteiger partial charge >= 0.3 is 0 Å². The van der Waals surface area contributed by atoms with E-state index in [1.54, 1.807) is 12.1 Å². The standard InChI is InChI=1S/C7H6Cl3N.ClH/c8-5-1-4(3-11)2-6(9)7(5)10;/h1-2H,3,11H2;1H. The summed E-state index contributed by atoms with van der Waals surface area (Å²) in [4.78, 5) is 0. The summed E-state index contributed by atoms with van der Waals surface area (Å²) in [5, 5.41) is 1.27. The van der Waals surface area contributed by atoms with Gasteiger partial charge in [-0.15, -0.1) is 12.4 Å². The summed E-state index contributed by atoms with van der Waals surface area (Å²) in [6.07, 6.45) is 0. The molecule has 0 aliphatic heterocycles. The zero-order valence-electron chi connectivity index (χ0n) is 5.98. The van der Waals surface area contributed by atoms with Gasteiger partial charge in [0, 0.05) is 6.54 Å². The van der Waals surface area contributed by atoms with Crippen LogP contribution in [0.15, 0.2) is 12.1 Å². The van der Waals surface area contributed by atoms with Crippen molar-refractivity contribution in [1.29, 1.82) is 0 Å². The molecular weight excluding hydrogens is 240 g/mol. The Hall–Kier alpha value is 0.340. The molecule has 0 saturated heterocycles. The molecule has 1 rings (SSSR count). The topological polar surface area (TPSA) is 26.0 Å². The average molecular weight is 247 g/mol. The van der Waals surface area contributed by atoms with E-state index in [0.29, 0.717) is 21.6 Å². The molecule has 0 spiro atoms. The summed E-state index contributed by atoms with van der Waals surface area (Å²) >= 11 is 17.2. The SMILES string of the molecule is Cl.NCc1cc(Cl)c(Cl)c(Cl)c1. The summed E-state index contributed by atoms with van der Waals surface area (Å²) in [5.74, 6) is 0. The Morgan fingerprint density at radius 3 is 1.83 bits per heavy atom. The molecule has 1 aromatic rings. The van der Waals surface area contributed by atoms with Crippen molar-refractivity contribution in [2.75, 3.05) is 0 Å². The van der Waals surface area contributed by atoms with Crippen LogP contribution in [0.1, 0.15) is 5.56 Å². The van der Waals surface area contributed by atoms with Crippen LogP contribution in [0.25, 0.3) is 0 Å². The lowest BCUT2D eigenvalue weighted by molar-refractivity contribution is 1.07. The van der Waals surface area contributed by atoms with Gasteiger partial charge in [0.05, 0.1) is 15.1 Å². The maximum absolute atomic E-state index is 5.73. The van der Waals surface area contributed by atoms with Crippen molar-refractivity contribution in [2.45, 2.75) is 6.54 Å². The molecule has 0 unspecified atom stereocenters. The second-order valence-electron chi connectivity index (χ2n) is 2.08. The highest BCUT2D eigenvalue weighted by Gasteiger charge is 2.03. The summed E-state index contributed by atoms with van der Waals surface area (Å²) in [5.41, 5.74) is 6.26. The molecule has 12 heavy (non-hydrogen) atoms. The van der Waals surface area contributed by atoms with E-state index in [-0.39, 0.29) is 12.4 Å². The fourth-order valence-corrected chi connectivity index (χ4v) is 1.37. The maximum atomic E-state index is 5.73. The van der Waals surface area contributed by atoms with Crippen molar-refractivity contribution in [1.82, 2.24) is 0 Å². The first-order valence-corrected chi connectivity index (χ1v) is 4.12. The molecule has 0 aliphatic carbocycles. The highest BCUT2D eigenvalue weighted by molar-refractivity contribution is 6.48. The van der Waals surface area contributed by atoms with Gasteiger partial charge in [-0.25, -0.2) is 0 Å². The van der Waals surface area contributed by atoms with Crippen LogP contribution in [-0.4, -0.2) is 0 Å². The third-order valence-corrected chi connectivity index (χ3v) is 2.48. The molecule has 5 heteroatoms. The zero-order valence-corrected chi connectivity index (χ0v) is 9.07. The summed E-state index contributed by atoms with van der Waals surface area (Å²) in [6, 6.07) is 3.41. The predicted molar refractivity (Wildman–Crippen MR) is 56.6 cm³/mol. The van der Waals surface area contributed by atoms with Crippen LogP contribution in [0, 0.1) is 0 Å². The van der Waals surface area contributed by atoms with Gasteiger partial charge in [0.2, 0.25) is 0 Å². The fourth-order valence-electron chi connectivity index (χ4n) is 0.726. The normalized spacial score (nSPS) is 9.33. The number of hydrogen-bond acceptors (Lipinski definition) is 1. The zero-order chi connectivity index (χ0) is 8.43. The van der Waals surface area contributed by atoms with E-state index < -0.39 is 0 Å². The Morgan fingerprint density at radius 2 is 1.50 bits per heavy atom. The molecule has 2 N–H and O–H groups in total. The lowest BCUT2D eigenvalue weighted by atomic mass is 10.2. The van der Waals surface area contributed by atoms with Gasteiger partial charge in [0.15, 0.2) is 0 Å². The fraction of sp³-hybridized carbons (Fsp3) is 0.143. The van der Waals surface area contributed by atoms with Gasteiger partial charge in [0.25, 0.3) is 0 Å². The van der Waals surface area contributed by atoms with E-state index in [1.165, 1.54) is 0 Å². The Bertz CT molecular complexity index is 251. The number of benzene rings is 1. The predicted octanol–water partition coefficient (Wildman–Crippen LogP) is 3.53. The van der Waals surface area contributed by atoms with Crippen molar-refractivity contribution >= 4 is 47.2 Å². The van der Waals surface area contributed by atoms with Crippen LogP contribution >= 0.6 is 47.2 Å². The molecule has 1 nitrogen and oxygen atoms in total. The van der Waals surface area contributed by atoms with E-state index >= 15 is 0 Å². The lowest BCUT2D eigenvalue weighted by Gasteiger charge is -2.01. The van der Waals surface area contributed by atoms with Crippen LogP contribution in [0.5, 0.6) is 0 Å². The monoisotopic (exact) mass is 245 g/mol. The average Bonchev–Trinajstić information content (AvgIpc) is 1.99. The Labute approximate surface area is 92.2 Å². The van der Waals surface area contributed by atoms with Crippen molar-refractivity contribution in [2.24, 2.45) is 5.73 Å². The molecule has 1 aromatic carbocycles. The third kappa shape index (κ3) is 2.68. The lowest BCUT2D eigenvalue weighted by Crippen LogP contribution is -1.95. The van der Waals surface area contributed by atoms with Gasteiger partial charge in [0.1, 0.15) is 0 Å². The minimum absolute atomic E-state index is 0. The first-order chi connectivity index (χ1) is 5.15. The van der Waals surface area contributed by atoms with Gasteiger partial charge < -0.3 is 5.73 Å². The first-order valence-electron chi connectivity index (χ1n) is 2.98. The highest BCUT2D eigenvalue weighted by atomic mass is 35.5. The second-order valence-corrected chi connectivity index (χ2v) is 3.27. The minimum Gasteiger partial charge on any atom is -0.326 e. The van der Waals surface area contributed by atoms with E-state index in [0.717, 1.165) is 5.56 Å². The largest absolute Gasteiger partial charge is 0.326 e. The Kier molecular flexibility index (Phi) is 5.30. The van der Waals surface area contributed by atoms with Crippen LogP contribution in [-0.2, 0) is 6.54 Å². The van der Waals surface area contributed by atoms with E-state index in [1.807, 2.05) is 0 Å². The van der Waals surface area contributed by atoms with Crippen LogP contribution in [0.3, 0.4) is 0 Å². The third-order valence-electron chi connectivity index (χ3n) is 1.28. The molecule has 0 saturated carbocycles. The van der Waals surface area contributed by atoms with Crippen molar-refractivity contribution < 1.29 is 0 Å². The molecule has 0 aromatic heterocycles. The van der Waals surface area contributed by atoms with E-state index in [9.17, 15) is 0 Å². The van der Waals surface area contributed by atoms with Crippen LogP contribution in [0.2, 0.25) is 15.1 Å². The van der Waals surface area contributed by atoms with E-state index in [2.05, 4.69) is 0 Å². The molecule has 0 amide bonds. The molecule has 0 fully saturated rings. The Balaban J connectivity index is 0.00000121. The molecule has 0 heterocycles. The van der Waals surface area contributed by atoms with Gasteiger partial charge in [-0.1, -0.05) is 34.8 Å². The summed E-state index contributed by atoms with van der Waals surface area (Å²) in [6.45, 7) is 0.413. The molecular formula is C7H7Cl4N. The van der Waals surface area contributed by atoms with Crippen molar-refractivity contribution in [3.8, 4) is 0 Å². The molecule has 68 valence electrons. The first kappa shape index (κ1) is 12.3. The quantitative estimate of drug-likeness (QED) is 0.754. The number of rotatable bonds is 1. The number of hydrogen-bond donors (Lipinski definition) is 1. The van der Waals surface area contributed by atoms with Crippen LogP contribution < -0.4 is 5.73 Å². The highest BCUT2D eigenvalue weighted by Crippen LogP contribution is 2.30. The molecule has 0 aliphatic rings. The number of halogens is 4. The Morgan fingerprint density at radius 1 is 1.08 bits per heavy atom. The van der Waals surface area contributed by atoms with Crippen molar-refractivity contribution in [3.05, 3.63) is 32.8 Å². The summed E-state index contributed by atoms with van der Waals surface area (Å²) < 4.78 is 0. The molecule has 0 bridgehead atoms. The van der Waals surface area contributed by atoms with Crippen LogP contribution in [0.4, 0.5) is 0 Å². The van der Waals surface area contributed by atoms with E-state index in [4.69, 9.17) is 40.5 Å². The molecule has 0 atom stereocenters. The maximum Gasteiger partial charge on any atom is 0.0778 e. The second kappa shape index (κ2) is 5.15. The van der Waals surface area contributed by atoms with Crippen molar-refractivity contribution in [3.63, 3.8) is 0 Å². The van der Waals surface area contributed by atoms with Gasteiger partial charge in [-0.05, 0) is 17.7 Å². The summed E-state index contributed by atoms with van der Waals surface area (Å²) in [7, 11) is 0. The number of nitrogens with two attached hydrogens (primary N) is 1. The molecule has 0 radical (unpaired) electrons. The smallest absolute Gasteiger partial charge is 0.0778 e. The van der Waals surface area contributed by atoms with Gasteiger partial charge in [-0.3, -0.25) is 0 Å². The minimum atomic E-state index is 0. The van der Waals surface area contributed by atoms with Gasteiger partial charge in [-0.2, -0.15) is 0 Å².